The van der Waals surface area contributed by atoms with E-state index in [0.29, 0.717) is 43.3 Å². The first-order valence-electron chi connectivity index (χ1n) is 11.2. The summed E-state index contributed by atoms with van der Waals surface area (Å²) in [5.41, 5.74) is 3.22. The minimum atomic E-state index is -0.570. The van der Waals surface area contributed by atoms with E-state index in [0.717, 1.165) is 11.3 Å². The minimum Gasteiger partial charge on any atom is -0.495 e. The van der Waals surface area contributed by atoms with E-state index in [-0.39, 0.29) is 17.9 Å². The van der Waals surface area contributed by atoms with Gasteiger partial charge < -0.3 is 25.2 Å². The zero-order valence-corrected chi connectivity index (χ0v) is 19.5. The van der Waals surface area contributed by atoms with Crippen LogP contribution >= 0.6 is 0 Å². The number of nitrogens with zero attached hydrogens (tertiary/aromatic N) is 3. The van der Waals surface area contributed by atoms with Crippen LogP contribution in [0, 0.1) is 12.7 Å². The van der Waals surface area contributed by atoms with Gasteiger partial charge in [-0.1, -0.05) is 6.07 Å². The van der Waals surface area contributed by atoms with Crippen molar-refractivity contribution >= 4 is 34.9 Å². The molecule has 2 heterocycles. The number of urea groups is 2. The van der Waals surface area contributed by atoms with Crippen molar-refractivity contribution in [2.24, 2.45) is 0 Å². The number of aryl methyl sites for hydroxylation is 1. The van der Waals surface area contributed by atoms with E-state index in [1.54, 1.807) is 18.1 Å². The van der Waals surface area contributed by atoms with Crippen LogP contribution in [0.3, 0.4) is 0 Å². The number of halogens is 1. The number of rotatable bonds is 5. The Morgan fingerprint density at radius 1 is 0.971 bits per heavy atom. The van der Waals surface area contributed by atoms with Crippen molar-refractivity contribution in [1.82, 2.24) is 9.88 Å². The highest BCUT2D eigenvalue weighted by Gasteiger charge is 2.22. The van der Waals surface area contributed by atoms with Crippen LogP contribution in [0.1, 0.15) is 5.56 Å². The Balaban J connectivity index is 1.29. The van der Waals surface area contributed by atoms with Crippen molar-refractivity contribution in [3.8, 4) is 5.75 Å². The summed E-state index contributed by atoms with van der Waals surface area (Å²) in [6, 6.07) is 15.0. The van der Waals surface area contributed by atoms with Gasteiger partial charge in [-0.05, 0) is 61.0 Å². The number of anilines is 4. The Labute approximate surface area is 202 Å². The summed E-state index contributed by atoms with van der Waals surface area (Å²) < 4.78 is 19.0. The average Bonchev–Trinajstić information content (AvgIpc) is 2.86. The van der Waals surface area contributed by atoms with Gasteiger partial charge in [-0.25, -0.2) is 19.0 Å². The zero-order valence-electron chi connectivity index (χ0n) is 19.5. The van der Waals surface area contributed by atoms with Crippen molar-refractivity contribution in [1.29, 1.82) is 0 Å². The molecule has 0 atom stereocenters. The van der Waals surface area contributed by atoms with E-state index in [9.17, 15) is 14.0 Å². The van der Waals surface area contributed by atoms with Crippen LogP contribution in [-0.2, 0) is 0 Å². The summed E-state index contributed by atoms with van der Waals surface area (Å²) in [6.07, 6.45) is 1.43. The Kier molecular flexibility index (Phi) is 7.30. The fourth-order valence-electron chi connectivity index (χ4n) is 3.79. The van der Waals surface area contributed by atoms with Crippen LogP contribution in [0.4, 0.5) is 36.9 Å². The number of nitrogens with one attached hydrogen (secondary N) is 3. The number of aromatic nitrogens is 1. The largest absolute Gasteiger partial charge is 0.495 e. The number of ether oxygens (including phenoxy) is 1. The summed E-state index contributed by atoms with van der Waals surface area (Å²) in [5, 5.41) is 8.14. The number of methoxy groups -OCH3 is 1. The van der Waals surface area contributed by atoms with E-state index in [1.807, 2.05) is 43.3 Å². The molecule has 0 saturated carbocycles. The highest BCUT2D eigenvalue weighted by atomic mass is 19.1. The standard InChI is InChI=1S/C25H27FN6O3/c1-17-5-10-22(35-2)21(16-17)29-24(33)28-18-6-8-19(9-7-18)31-12-14-32(15-13-31)25(34)30-23-20(26)4-3-11-27-23/h3-11,16H,12-15H2,1-2H3,(H,27,30,34)(H2,28,29,33). The molecular weight excluding hydrogens is 451 g/mol. The molecule has 3 N–H and O–H groups in total. The van der Waals surface area contributed by atoms with E-state index in [1.165, 1.54) is 18.3 Å². The second-order valence-electron chi connectivity index (χ2n) is 8.07. The summed E-state index contributed by atoms with van der Waals surface area (Å²) in [4.78, 5) is 32.5. The molecule has 1 saturated heterocycles. The van der Waals surface area contributed by atoms with E-state index >= 15 is 0 Å². The lowest BCUT2D eigenvalue weighted by atomic mass is 10.2. The lowest BCUT2D eigenvalue weighted by Crippen LogP contribution is -2.50. The second-order valence-corrected chi connectivity index (χ2v) is 8.07. The Morgan fingerprint density at radius 3 is 2.40 bits per heavy atom. The van der Waals surface area contributed by atoms with Gasteiger partial charge >= 0.3 is 12.1 Å². The normalized spacial score (nSPS) is 13.2. The number of hydrogen-bond acceptors (Lipinski definition) is 5. The maximum atomic E-state index is 13.7. The van der Waals surface area contributed by atoms with Gasteiger partial charge in [0.05, 0.1) is 12.8 Å². The molecular formula is C25H27FN6O3. The summed E-state index contributed by atoms with van der Waals surface area (Å²) >= 11 is 0. The minimum absolute atomic E-state index is 0.0760. The van der Waals surface area contributed by atoms with Gasteiger partial charge in [-0.15, -0.1) is 0 Å². The van der Waals surface area contributed by atoms with Crippen molar-refractivity contribution in [3.63, 3.8) is 0 Å². The number of benzene rings is 2. The molecule has 2 aromatic carbocycles. The number of carbonyl (C=O) groups is 2. The molecule has 9 nitrogen and oxygen atoms in total. The molecule has 1 fully saturated rings. The summed E-state index contributed by atoms with van der Waals surface area (Å²) in [6.45, 7) is 4.16. The maximum absolute atomic E-state index is 13.7. The molecule has 4 rings (SSSR count). The fourth-order valence-corrected chi connectivity index (χ4v) is 3.79. The van der Waals surface area contributed by atoms with Crippen LogP contribution in [0.15, 0.2) is 60.8 Å². The van der Waals surface area contributed by atoms with E-state index in [4.69, 9.17) is 4.74 Å². The average molecular weight is 479 g/mol. The predicted molar refractivity (Wildman–Crippen MR) is 134 cm³/mol. The summed E-state index contributed by atoms with van der Waals surface area (Å²) in [5.74, 6) is -0.0631. The highest BCUT2D eigenvalue weighted by Crippen LogP contribution is 2.26. The first kappa shape index (κ1) is 23.8. The zero-order chi connectivity index (χ0) is 24.8. The molecule has 35 heavy (non-hydrogen) atoms. The molecule has 1 aromatic heterocycles. The van der Waals surface area contributed by atoms with Gasteiger partial charge in [0.15, 0.2) is 11.6 Å². The first-order valence-corrected chi connectivity index (χ1v) is 11.2. The summed E-state index contributed by atoms with van der Waals surface area (Å²) in [7, 11) is 1.55. The third-order valence-corrected chi connectivity index (χ3v) is 5.64. The third kappa shape index (κ3) is 5.97. The number of pyridine rings is 1. The number of amides is 4. The first-order chi connectivity index (χ1) is 16.9. The smallest absolute Gasteiger partial charge is 0.323 e. The van der Waals surface area contributed by atoms with Gasteiger partial charge in [0.2, 0.25) is 0 Å². The topological polar surface area (TPSA) is 98.8 Å². The van der Waals surface area contributed by atoms with Gasteiger partial charge in [0.1, 0.15) is 5.75 Å². The van der Waals surface area contributed by atoms with E-state index < -0.39 is 5.82 Å². The van der Waals surface area contributed by atoms with Gasteiger partial charge in [0, 0.05) is 43.8 Å². The van der Waals surface area contributed by atoms with Gasteiger partial charge in [-0.2, -0.15) is 0 Å². The maximum Gasteiger partial charge on any atom is 0.323 e. The predicted octanol–water partition coefficient (Wildman–Crippen LogP) is 4.54. The Hall–Kier alpha value is -4.34. The van der Waals surface area contributed by atoms with Crippen LogP contribution in [0.25, 0.3) is 0 Å². The lowest BCUT2D eigenvalue weighted by Gasteiger charge is -2.36. The molecule has 0 aliphatic carbocycles. The van der Waals surface area contributed by atoms with Crippen LogP contribution < -0.4 is 25.6 Å². The fraction of sp³-hybridized carbons (Fsp3) is 0.240. The molecule has 0 unspecified atom stereocenters. The SMILES string of the molecule is COc1ccc(C)cc1NC(=O)Nc1ccc(N2CCN(C(=O)Nc3ncccc3F)CC2)cc1. The van der Waals surface area contributed by atoms with Gasteiger partial charge in [-0.3, -0.25) is 5.32 Å². The molecule has 4 amide bonds. The molecule has 3 aromatic rings. The molecule has 0 radical (unpaired) electrons. The third-order valence-electron chi connectivity index (χ3n) is 5.64. The molecule has 10 heteroatoms. The molecule has 0 bridgehead atoms. The van der Waals surface area contributed by atoms with Crippen LogP contribution in [0.5, 0.6) is 5.75 Å². The van der Waals surface area contributed by atoms with Crippen LogP contribution in [-0.4, -0.2) is 55.2 Å². The quantitative estimate of drug-likeness (QED) is 0.500. The second kappa shape index (κ2) is 10.7. The molecule has 182 valence electrons. The lowest BCUT2D eigenvalue weighted by molar-refractivity contribution is 0.208. The van der Waals surface area contributed by atoms with Crippen molar-refractivity contribution < 1.29 is 18.7 Å². The molecule has 1 aliphatic rings. The number of hydrogen-bond donors (Lipinski definition) is 3. The number of piperazine rings is 1. The van der Waals surface area contributed by atoms with Gasteiger partial charge in [0.25, 0.3) is 0 Å². The van der Waals surface area contributed by atoms with Crippen molar-refractivity contribution in [3.05, 3.63) is 72.2 Å². The Bertz CT molecular complexity index is 1200. The highest BCUT2D eigenvalue weighted by molar-refractivity contribution is 6.00. The van der Waals surface area contributed by atoms with Crippen molar-refractivity contribution in [2.75, 3.05) is 54.1 Å². The monoisotopic (exact) mass is 478 g/mol. The van der Waals surface area contributed by atoms with Crippen molar-refractivity contribution in [2.45, 2.75) is 6.92 Å². The van der Waals surface area contributed by atoms with E-state index in [2.05, 4.69) is 25.8 Å². The molecule has 1 aliphatic heterocycles. The number of carbonyl (C=O) groups excluding carboxylic acids is 2. The van der Waals surface area contributed by atoms with Crippen LogP contribution in [0.2, 0.25) is 0 Å². The Morgan fingerprint density at radius 2 is 1.71 bits per heavy atom. The molecule has 0 spiro atoms.